The van der Waals surface area contributed by atoms with Gasteiger partial charge in [0.2, 0.25) is 0 Å². The molecule has 0 bridgehead atoms. The molecule has 1 aromatic heterocycles. The van der Waals surface area contributed by atoms with Gasteiger partial charge in [0.05, 0.1) is 30.5 Å². The molecule has 1 N–H and O–H groups in total. The smallest absolute Gasteiger partial charge is 0.271 e. The summed E-state index contributed by atoms with van der Waals surface area (Å²) in [6.45, 7) is 0. The molecule has 1 aliphatic heterocycles. The summed E-state index contributed by atoms with van der Waals surface area (Å²) in [5, 5.41) is 10.2. The maximum atomic E-state index is 13.9. The summed E-state index contributed by atoms with van der Waals surface area (Å²) in [4.78, 5) is 19.5. The number of hydrogen-bond acceptors (Lipinski definition) is 6. The fraction of sp³-hybridized carbons (Fsp3) is 0.172. The summed E-state index contributed by atoms with van der Waals surface area (Å²) in [7, 11) is 3.16. The van der Waals surface area contributed by atoms with Gasteiger partial charge < -0.3 is 14.6 Å². The molecule has 0 amide bonds. The minimum Gasteiger partial charge on any atom is -0.504 e. The Morgan fingerprint density at radius 1 is 1.00 bits per heavy atom. The van der Waals surface area contributed by atoms with Crippen LogP contribution in [0.15, 0.2) is 82.1 Å². The molecule has 0 saturated heterocycles. The average Bonchev–Trinajstić information content (AvgIpc) is 3.21. The Labute approximate surface area is 211 Å². The second-order valence-corrected chi connectivity index (χ2v) is 9.80. The highest BCUT2D eigenvalue weighted by atomic mass is 32.1. The van der Waals surface area contributed by atoms with Crippen LogP contribution in [0.2, 0.25) is 0 Å². The SMILES string of the molecule is COc1ccc(C=c2sc3n(c2=O)C(c2ccccc2OC)C2=C(N=3)c3ccccc3CC2)cc1O. The van der Waals surface area contributed by atoms with Crippen molar-refractivity contribution in [1.82, 2.24) is 4.57 Å². The summed E-state index contributed by atoms with van der Waals surface area (Å²) in [5.41, 5.74) is 6.00. The first kappa shape index (κ1) is 22.4. The van der Waals surface area contributed by atoms with Crippen molar-refractivity contribution < 1.29 is 14.6 Å². The van der Waals surface area contributed by atoms with Gasteiger partial charge in [-0.05, 0) is 53.8 Å². The number of ether oxygens (including phenoxy) is 2. The Hall–Kier alpha value is -4.10. The number of benzene rings is 3. The van der Waals surface area contributed by atoms with Crippen LogP contribution in [0.3, 0.4) is 0 Å². The molecule has 7 heteroatoms. The molecule has 6 nitrogen and oxygen atoms in total. The van der Waals surface area contributed by atoms with Crippen molar-refractivity contribution in [3.63, 3.8) is 0 Å². The molecule has 2 heterocycles. The topological polar surface area (TPSA) is 73.0 Å². The second-order valence-electron chi connectivity index (χ2n) is 8.79. The number of aromatic nitrogens is 1. The zero-order chi connectivity index (χ0) is 24.8. The third kappa shape index (κ3) is 3.55. The maximum Gasteiger partial charge on any atom is 0.271 e. The predicted molar refractivity (Wildman–Crippen MR) is 140 cm³/mol. The van der Waals surface area contributed by atoms with Crippen molar-refractivity contribution >= 4 is 23.1 Å². The Balaban J connectivity index is 1.62. The molecule has 0 fully saturated rings. The zero-order valence-corrected chi connectivity index (χ0v) is 20.7. The fourth-order valence-electron chi connectivity index (χ4n) is 5.14. The lowest BCUT2D eigenvalue weighted by molar-refractivity contribution is 0.373. The van der Waals surface area contributed by atoms with Crippen LogP contribution in [-0.4, -0.2) is 23.9 Å². The number of hydrogen-bond donors (Lipinski definition) is 1. The lowest BCUT2D eigenvalue weighted by Gasteiger charge is -2.31. The van der Waals surface area contributed by atoms with Gasteiger partial charge in [-0.25, -0.2) is 4.99 Å². The summed E-state index contributed by atoms with van der Waals surface area (Å²) >= 11 is 1.36. The summed E-state index contributed by atoms with van der Waals surface area (Å²) < 4.78 is 13.2. The minimum absolute atomic E-state index is 0.0259. The maximum absolute atomic E-state index is 13.9. The van der Waals surface area contributed by atoms with Crippen LogP contribution in [0, 0.1) is 0 Å². The van der Waals surface area contributed by atoms with E-state index in [0.29, 0.717) is 20.6 Å². The lowest BCUT2D eigenvalue weighted by atomic mass is 9.83. The molecular weight excluding hydrogens is 472 g/mol. The van der Waals surface area contributed by atoms with E-state index in [0.717, 1.165) is 41.0 Å². The molecule has 3 aromatic carbocycles. The first-order valence-corrected chi connectivity index (χ1v) is 12.5. The molecule has 180 valence electrons. The summed E-state index contributed by atoms with van der Waals surface area (Å²) in [5.74, 6) is 1.15. The van der Waals surface area contributed by atoms with Crippen LogP contribution in [0.25, 0.3) is 11.8 Å². The molecular formula is C29H24N2O4S. The molecule has 0 saturated carbocycles. The van der Waals surface area contributed by atoms with E-state index >= 15 is 0 Å². The van der Waals surface area contributed by atoms with Crippen LogP contribution >= 0.6 is 11.3 Å². The number of allylic oxidation sites excluding steroid dienone is 1. The van der Waals surface area contributed by atoms with Crippen molar-refractivity contribution in [2.24, 2.45) is 4.99 Å². The van der Waals surface area contributed by atoms with Gasteiger partial charge in [-0.1, -0.05) is 59.9 Å². The van der Waals surface area contributed by atoms with Crippen LogP contribution in [0.4, 0.5) is 0 Å². The number of para-hydroxylation sites is 1. The van der Waals surface area contributed by atoms with E-state index in [9.17, 15) is 9.90 Å². The number of phenolic OH excluding ortho intramolecular Hbond substituents is 1. The molecule has 6 rings (SSSR count). The first-order valence-electron chi connectivity index (χ1n) is 11.7. The molecule has 0 spiro atoms. The Bertz CT molecular complexity index is 1710. The number of methoxy groups -OCH3 is 2. The molecule has 4 aromatic rings. The van der Waals surface area contributed by atoms with Crippen LogP contribution in [-0.2, 0) is 6.42 Å². The highest BCUT2D eigenvalue weighted by Gasteiger charge is 2.33. The standard InChI is InChI=1S/C29H24N2O4S/c1-34-23-10-6-5-9-20(23)27-21-13-12-18-7-3-4-8-19(18)26(21)30-29-31(27)28(33)25(36-29)16-17-11-14-24(35-2)22(32)15-17/h3-11,14-16,27,32H,12-13H2,1-2H3. The number of fused-ring (bicyclic) bond motifs is 3. The van der Waals surface area contributed by atoms with E-state index in [-0.39, 0.29) is 17.4 Å². The van der Waals surface area contributed by atoms with Crippen molar-refractivity contribution in [2.45, 2.75) is 18.9 Å². The van der Waals surface area contributed by atoms with Gasteiger partial charge in [-0.15, -0.1) is 0 Å². The third-order valence-electron chi connectivity index (χ3n) is 6.81. The van der Waals surface area contributed by atoms with Gasteiger partial charge >= 0.3 is 0 Å². The number of aromatic hydroxyl groups is 1. The monoisotopic (exact) mass is 496 g/mol. The van der Waals surface area contributed by atoms with Gasteiger partial charge in [0.15, 0.2) is 16.3 Å². The van der Waals surface area contributed by atoms with Gasteiger partial charge in [0, 0.05) is 11.1 Å². The largest absolute Gasteiger partial charge is 0.504 e. The molecule has 1 unspecified atom stereocenters. The zero-order valence-electron chi connectivity index (χ0n) is 19.9. The van der Waals surface area contributed by atoms with Crippen molar-refractivity contribution in [3.8, 4) is 17.2 Å². The molecule has 1 aliphatic carbocycles. The van der Waals surface area contributed by atoms with Gasteiger partial charge in [-0.3, -0.25) is 9.36 Å². The van der Waals surface area contributed by atoms with Crippen molar-refractivity contribution in [1.29, 1.82) is 0 Å². The van der Waals surface area contributed by atoms with Crippen molar-refractivity contribution in [3.05, 3.63) is 114 Å². The van der Waals surface area contributed by atoms with Crippen LogP contribution in [0.1, 0.15) is 34.7 Å². The molecule has 0 radical (unpaired) electrons. The molecule has 1 atom stereocenters. The Morgan fingerprint density at radius 3 is 2.58 bits per heavy atom. The quantitative estimate of drug-likeness (QED) is 0.463. The number of thiazole rings is 1. The van der Waals surface area contributed by atoms with Crippen LogP contribution in [0.5, 0.6) is 17.2 Å². The van der Waals surface area contributed by atoms with Gasteiger partial charge in [-0.2, -0.15) is 0 Å². The van der Waals surface area contributed by atoms with E-state index in [2.05, 4.69) is 18.2 Å². The van der Waals surface area contributed by atoms with Crippen molar-refractivity contribution in [2.75, 3.05) is 14.2 Å². The average molecular weight is 497 g/mol. The van der Waals surface area contributed by atoms with Gasteiger partial charge in [0.25, 0.3) is 5.56 Å². The number of rotatable bonds is 4. The van der Waals surface area contributed by atoms with E-state index in [1.807, 2.05) is 36.4 Å². The number of aryl methyl sites for hydroxylation is 1. The summed E-state index contributed by atoms with van der Waals surface area (Å²) in [6.07, 6.45) is 3.50. The predicted octanol–water partition coefficient (Wildman–Crippen LogP) is 4.04. The van der Waals surface area contributed by atoms with Gasteiger partial charge in [0.1, 0.15) is 5.75 Å². The highest BCUT2D eigenvalue weighted by Crippen LogP contribution is 2.43. The third-order valence-corrected chi connectivity index (χ3v) is 7.79. The minimum atomic E-state index is -0.313. The van der Waals surface area contributed by atoms with E-state index < -0.39 is 0 Å². The normalized spacial score (nSPS) is 16.6. The number of phenols is 1. The molecule has 36 heavy (non-hydrogen) atoms. The van der Waals surface area contributed by atoms with E-state index in [4.69, 9.17) is 14.5 Å². The van der Waals surface area contributed by atoms with E-state index in [1.54, 1.807) is 29.9 Å². The Kier molecular flexibility index (Phi) is 5.49. The first-order chi connectivity index (χ1) is 17.6. The number of nitrogens with zero attached hydrogens (tertiary/aromatic N) is 2. The lowest BCUT2D eigenvalue weighted by Crippen LogP contribution is -2.38. The second kappa shape index (κ2) is 8.84. The fourth-order valence-corrected chi connectivity index (χ4v) is 6.14. The summed E-state index contributed by atoms with van der Waals surface area (Å²) in [6, 6.07) is 21.0. The van der Waals surface area contributed by atoms with Crippen LogP contribution < -0.4 is 24.4 Å². The Morgan fingerprint density at radius 2 is 1.78 bits per heavy atom. The molecule has 2 aliphatic rings. The van der Waals surface area contributed by atoms with E-state index in [1.165, 1.54) is 24.0 Å². The highest BCUT2D eigenvalue weighted by molar-refractivity contribution is 7.07.